The maximum absolute atomic E-state index is 13.4. The van der Waals surface area contributed by atoms with Crippen LogP contribution >= 0.6 is 0 Å². The maximum atomic E-state index is 13.4. The lowest BCUT2D eigenvalue weighted by atomic mass is 10.0. The minimum absolute atomic E-state index is 0.0279. The fourth-order valence-corrected chi connectivity index (χ4v) is 3.93. The van der Waals surface area contributed by atoms with Gasteiger partial charge in [-0.3, -0.25) is 9.59 Å². The van der Waals surface area contributed by atoms with Crippen LogP contribution in [0.1, 0.15) is 49.8 Å². The van der Waals surface area contributed by atoms with E-state index in [1.54, 1.807) is 4.90 Å². The zero-order chi connectivity index (χ0) is 22.9. The molecule has 2 amide bonds. The van der Waals surface area contributed by atoms with E-state index in [9.17, 15) is 9.59 Å². The monoisotopic (exact) mass is 438 g/mol. The number of ether oxygens (including phenoxy) is 2. The van der Waals surface area contributed by atoms with Gasteiger partial charge in [0.15, 0.2) is 11.5 Å². The fraction of sp³-hybridized carbons (Fsp3) is 0.462. The van der Waals surface area contributed by atoms with E-state index >= 15 is 0 Å². The summed E-state index contributed by atoms with van der Waals surface area (Å²) < 4.78 is 11.2. The van der Waals surface area contributed by atoms with Crippen LogP contribution in [0.15, 0.2) is 42.5 Å². The zero-order valence-corrected chi connectivity index (χ0v) is 19.4. The van der Waals surface area contributed by atoms with Crippen LogP contribution in [0, 0.1) is 6.92 Å². The molecule has 1 aliphatic rings. The lowest BCUT2D eigenvalue weighted by molar-refractivity contribution is -0.141. The van der Waals surface area contributed by atoms with Crippen molar-refractivity contribution >= 4 is 11.8 Å². The Balaban J connectivity index is 1.74. The quantitative estimate of drug-likeness (QED) is 0.608. The first-order valence-electron chi connectivity index (χ1n) is 11.5. The van der Waals surface area contributed by atoms with Crippen LogP contribution in [0.3, 0.4) is 0 Å². The van der Waals surface area contributed by atoms with Gasteiger partial charge in [0.05, 0.1) is 0 Å². The molecule has 2 aromatic carbocycles. The smallest absolute Gasteiger partial charge is 0.242 e. The van der Waals surface area contributed by atoms with E-state index in [0.717, 1.165) is 34.6 Å². The van der Waals surface area contributed by atoms with Gasteiger partial charge in [-0.1, -0.05) is 49.7 Å². The number of nitrogens with one attached hydrogen (secondary N) is 1. The summed E-state index contributed by atoms with van der Waals surface area (Å²) in [6, 6.07) is 13.4. The Bertz CT molecular complexity index is 928. The summed E-state index contributed by atoms with van der Waals surface area (Å²) in [5.74, 6) is 1.35. The molecule has 1 N–H and O–H groups in total. The summed E-state index contributed by atoms with van der Waals surface area (Å²) in [7, 11) is 0. The first kappa shape index (κ1) is 23.6. The summed E-state index contributed by atoms with van der Waals surface area (Å²) in [6.07, 6.45) is 2.32. The number of benzene rings is 2. The summed E-state index contributed by atoms with van der Waals surface area (Å²) in [6.45, 7) is 8.11. The molecule has 172 valence electrons. The van der Waals surface area contributed by atoms with Crippen molar-refractivity contribution < 1.29 is 19.1 Å². The average Bonchev–Trinajstić information content (AvgIpc) is 2.81. The van der Waals surface area contributed by atoms with Crippen molar-refractivity contribution in [2.45, 2.75) is 59.0 Å². The third kappa shape index (κ3) is 6.25. The van der Waals surface area contributed by atoms with Crippen molar-refractivity contribution in [1.29, 1.82) is 0 Å². The van der Waals surface area contributed by atoms with Crippen molar-refractivity contribution in [3.05, 3.63) is 59.2 Å². The SMILES string of the molecule is CCCNC(=O)C(CC)N(Cc1cccc(C)c1)C(=O)CCc1ccc2c(c1)OCCO2. The summed E-state index contributed by atoms with van der Waals surface area (Å²) in [4.78, 5) is 27.9. The van der Waals surface area contributed by atoms with Crippen LogP contribution in [0.5, 0.6) is 11.5 Å². The lowest BCUT2D eigenvalue weighted by Crippen LogP contribution is -2.49. The number of nitrogens with zero attached hydrogens (tertiary/aromatic N) is 1. The van der Waals surface area contributed by atoms with E-state index in [1.807, 2.05) is 57.2 Å². The number of amides is 2. The highest BCUT2D eigenvalue weighted by atomic mass is 16.6. The molecule has 1 heterocycles. The lowest BCUT2D eigenvalue weighted by Gasteiger charge is -2.31. The highest BCUT2D eigenvalue weighted by Crippen LogP contribution is 2.31. The van der Waals surface area contributed by atoms with Crippen molar-refractivity contribution in [1.82, 2.24) is 10.2 Å². The van der Waals surface area contributed by atoms with Gasteiger partial charge in [0.1, 0.15) is 19.3 Å². The molecule has 1 aliphatic heterocycles. The third-order valence-electron chi connectivity index (χ3n) is 5.60. The number of carbonyl (C=O) groups is 2. The first-order chi connectivity index (χ1) is 15.5. The summed E-state index contributed by atoms with van der Waals surface area (Å²) >= 11 is 0. The van der Waals surface area contributed by atoms with Gasteiger partial charge >= 0.3 is 0 Å². The second-order valence-corrected chi connectivity index (χ2v) is 8.20. The Morgan fingerprint density at radius 1 is 1.03 bits per heavy atom. The molecule has 0 fully saturated rings. The topological polar surface area (TPSA) is 67.9 Å². The normalized spacial score (nSPS) is 13.3. The Labute approximate surface area is 190 Å². The Morgan fingerprint density at radius 3 is 2.53 bits per heavy atom. The molecule has 3 rings (SSSR count). The molecule has 0 aromatic heterocycles. The Hall–Kier alpha value is -3.02. The molecule has 0 bridgehead atoms. The highest BCUT2D eigenvalue weighted by Gasteiger charge is 2.28. The Morgan fingerprint density at radius 2 is 1.81 bits per heavy atom. The predicted octanol–water partition coefficient (Wildman–Crippen LogP) is 4.03. The van der Waals surface area contributed by atoms with Gasteiger partial charge in [0.25, 0.3) is 0 Å². The van der Waals surface area contributed by atoms with E-state index in [2.05, 4.69) is 11.4 Å². The molecule has 1 unspecified atom stereocenters. The maximum Gasteiger partial charge on any atom is 0.242 e. The van der Waals surface area contributed by atoms with Crippen LogP contribution in [-0.4, -0.2) is 42.5 Å². The van der Waals surface area contributed by atoms with Gasteiger partial charge in [-0.05, 0) is 49.4 Å². The molecule has 6 heteroatoms. The molecule has 6 nitrogen and oxygen atoms in total. The molecule has 0 spiro atoms. The average molecular weight is 439 g/mol. The predicted molar refractivity (Wildman–Crippen MR) is 125 cm³/mol. The van der Waals surface area contributed by atoms with Gasteiger partial charge in [-0.25, -0.2) is 0 Å². The van der Waals surface area contributed by atoms with E-state index < -0.39 is 6.04 Å². The van der Waals surface area contributed by atoms with Crippen LogP contribution in [0.4, 0.5) is 0 Å². The highest BCUT2D eigenvalue weighted by molar-refractivity contribution is 5.87. The van der Waals surface area contributed by atoms with Crippen molar-refractivity contribution in [2.75, 3.05) is 19.8 Å². The number of hydrogen-bond donors (Lipinski definition) is 1. The molecular formula is C26H34N2O4. The third-order valence-corrected chi connectivity index (χ3v) is 5.60. The second-order valence-electron chi connectivity index (χ2n) is 8.20. The van der Waals surface area contributed by atoms with Crippen molar-refractivity contribution in [3.8, 4) is 11.5 Å². The molecular weight excluding hydrogens is 404 g/mol. The fourth-order valence-electron chi connectivity index (χ4n) is 3.93. The van der Waals surface area contributed by atoms with Gasteiger partial charge in [-0.2, -0.15) is 0 Å². The van der Waals surface area contributed by atoms with Gasteiger partial charge in [-0.15, -0.1) is 0 Å². The standard InChI is InChI=1S/C26H34N2O4/c1-4-13-27-26(30)22(5-2)28(18-21-8-6-7-19(3)16-21)25(29)12-10-20-9-11-23-24(17-20)32-15-14-31-23/h6-9,11,16-17,22H,4-5,10,12-15,18H2,1-3H3,(H,27,30). The first-order valence-corrected chi connectivity index (χ1v) is 11.5. The summed E-state index contributed by atoms with van der Waals surface area (Å²) in [5.41, 5.74) is 3.18. The van der Waals surface area contributed by atoms with Crippen LogP contribution in [0.2, 0.25) is 0 Å². The van der Waals surface area contributed by atoms with Crippen LogP contribution in [0.25, 0.3) is 0 Å². The van der Waals surface area contributed by atoms with Gasteiger partial charge in [0, 0.05) is 19.5 Å². The van der Waals surface area contributed by atoms with Crippen molar-refractivity contribution in [2.24, 2.45) is 0 Å². The molecule has 2 aromatic rings. The van der Waals surface area contributed by atoms with Crippen molar-refractivity contribution in [3.63, 3.8) is 0 Å². The number of carbonyl (C=O) groups excluding carboxylic acids is 2. The largest absolute Gasteiger partial charge is 0.486 e. The minimum atomic E-state index is -0.491. The van der Waals surface area contributed by atoms with Crippen LogP contribution < -0.4 is 14.8 Å². The number of rotatable bonds is 10. The van der Waals surface area contributed by atoms with Gasteiger partial charge in [0.2, 0.25) is 11.8 Å². The number of hydrogen-bond acceptors (Lipinski definition) is 4. The zero-order valence-electron chi connectivity index (χ0n) is 19.4. The van der Waals surface area contributed by atoms with E-state index in [4.69, 9.17) is 9.47 Å². The minimum Gasteiger partial charge on any atom is -0.486 e. The molecule has 0 saturated carbocycles. The van der Waals surface area contributed by atoms with Crippen LogP contribution in [-0.2, 0) is 22.6 Å². The van der Waals surface area contributed by atoms with E-state index in [1.165, 1.54) is 0 Å². The number of fused-ring (bicyclic) bond motifs is 1. The molecule has 0 saturated heterocycles. The second kappa shape index (κ2) is 11.6. The summed E-state index contributed by atoms with van der Waals surface area (Å²) in [5, 5.41) is 2.96. The van der Waals surface area contributed by atoms with E-state index in [0.29, 0.717) is 45.6 Å². The Kier molecular flexibility index (Phi) is 8.54. The van der Waals surface area contributed by atoms with Gasteiger partial charge < -0.3 is 19.7 Å². The molecule has 0 radical (unpaired) electrons. The molecule has 1 atom stereocenters. The molecule has 32 heavy (non-hydrogen) atoms. The number of aryl methyl sites for hydroxylation is 2. The molecule has 0 aliphatic carbocycles. The van der Waals surface area contributed by atoms with E-state index in [-0.39, 0.29) is 11.8 Å².